The van der Waals surface area contributed by atoms with Crippen LogP contribution in [0.15, 0.2) is 60.8 Å². The van der Waals surface area contributed by atoms with Crippen LogP contribution in [0.2, 0.25) is 0 Å². The fourth-order valence-electron chi connectivity index (χ4n) is 5.99. The number of hydrogen-bond acceptors (Lipinski definition) is 6. The normalized spacial score (nSPS) is 15.5. The Balaban J connectivity index is 1.64. The predicted octanol–water partition coefficient (Wildman–Crippen LogP) is 7.79. The first-order valence-electron chi connectivity index (χ1n) is 15.9. The largest absolute Gasteiger partial charge is 0.493 e. The standard InChI is InChI=1S/C37H45FN4O4/c1-24-30(34(35(43)44)46-36(2,3)4)33(42-21-18-37(5,6)19-22-42)31(32(40-24)29-16-20-39-41(29)7)26-10-14-28(15-11-26)45-23-17-25-8-12-27(38)13-9-25/h8-16,20,34H,17-19,21-23H2,1-7H3,(H,43,44)/t34-/m0/s1. The molecule has 2 aromatic heterocycles. The third kappa shape index (κ3) is 7.58. The van der Waals surface area contributed by atoms with E-state index in [0.29, 0.717) is 30.0 Å². The van der Waals surface area contributed by atoms with Crippen LogP contribution in [0.25, 0.3) is 22.5 Å². The summed E-state index contributed by atoms with van der Waals surface area (Å²) in [6, 6.07) is 16.2. The molecule has 0 spiro atoms. The summed E-state index contributed by atoms with van der Waals surface area (Å²) in [6.07, 6.45) is 3.11. The van der Waals surface area contributed by atoms with Crippen LogP contribution in [0.5, 0.6) is 5.75 Å². The van der Waals surface area contributed by atoms with E-state index in [-0.39, 0.29) is 11.2 Å². The zero-order chi connectivity index (χ0) is 33.2. The lowest BCUT2D eigenvalue weighted by Crippen LogP contribution is -2.39. The molecule has 0 amide bonds. The van der Waals surface area contributed by atoms with Crippen molar-refractivity contribution in [3.63, 3.8) is 0 Å². The molecule has 1 aliphatic heterocycles. The number of aryl methyl sites for hydroxylation is 2. The van der Waals surface area contributed by atoms with Gasteiger partial charge in [-0.1, -0.05) is 38.1 Å². The van der Waals surface area contributed by atoms with Crippen molar-refractivity contribution in [1.82, 2.24) is 14.8 Å². The average Bonchev–Trinajstić information content (AvgIpc) is 3.42. The van der Waals surface area contributed by atoms with Crippen molar-refractivity contribution in [1.29, 1.82) is 0 Å². The summed E-state index contributed by atoms with van der Waals surface area (Å²) in [5.41, 5.74) is 5.77. The van der Waals surface area contributed by atoms with Gasteiger partial charge in [-0.25, -0.2) is 9.18 Å². The van der Waals surface area contributed by atoms with Crippen LogP contribution < -0.4 is 9.64 Å². The SMILES string of the molecule is Cc1nc(-c2ccnn2C)c(-c2ccc(OCCc3ccc(F)cc3)cc2)c(N2CCC(C)(C)CC2)c1[C@H](OC(C)(C)C)C(=O)O. The third-order valence-electron chi connectivity index (χ3n) is 8.57. The lowest BCUT2D eigenvalue weighted by Gasteiger charge is -2.41. The zero-order valence-corrected chi connectivity index (χ0v) is 27.9. The molecular formula is C37H45FN4O4. The summed E-state index contributed by atoms with van der Waals surface area (Å²) in [5, 5.41) is 15.0. The molecule has 9 heteroatoms. The Hall–Kier alpha value is -4.24. The summed E-state index contributed by atoms with van der Waals surface area (Å²) in [5.74, 6) is -0.608. The maximum atomic E-state index is 13.3. The second-order valence-corrected chi connectivity index (χ2v) is 13.9. The number of benzene rings is 2. The Morgan fingerprint density at radius 2 is 1.70 bits per heavy atom. The molecule has 0 saturated carbocycles. The first-order chi connectivity index (χ1) is 21.7. The Labute approximate surface area is 271 Å². The number of halogens is 1. The average molecular weight is 629 g/mol. The molecule has 46 heavy (non-hydrogen) atoms. The maximum absolute atomic E-state index is 13.3. The molecule has 1 saturated heterocycles. The first-order valence-corrected chi connectivity index (χ1v) is 15.9. The summed E-state index contributed by atoms with van der Waals surface area (Å²) in [7, 11) is 1.88. The number of rotatable bonds is 10. The van der Waals surface area contributed by atoms with E-state index in [9.17, 15) is 14.3 Å². The minimum Gasteiger partial charge on any atom is -0.493 e. The predicted molar refractivity (Wildman–Crippen MR) is 179 cm³/mol. The monoisotopic (exact) mass is 628 g/mol. The smallest absolute Gasteiger partial charge is 0.337 e. The van der Waals surface area contributed by atoms with E-state index in [1.807, 2.05) is 65.1 Å². The summed E-state index contributed by atoms with van der Waals surface area (Å²) in [6.45, 7) is 14.0. The second kappa shape index (κ2) is 13.2. The summed E-state index contributed by atoms with van der Waals surface area (Å²) < 4.78 is 27.4. The van der Waals surface area contributed by atoms with Crippen molar-refractivity contribution in [2.24, 2.45) is 12.5 Å². The number of nitrogens with zero attached hydrogens (tertiary/aromatic N) is 4. The van der Waals surface area contributed by atoms with E-state index in [0.717, 1.165) is 59.7 Å². The van der Waals surface area contributed by atoms with Crippen LogP contribution in [-0.2, 0) is 23.0 Å². The zero-order valence-electron chi connectivity index (χ0n) is 27.9. The molecule has 0 bridgehead atoms. The molecular weight excluding hydrogens is 583 g/mol. The van der Waals surface area contributed by atoms with E-state index >= 15 is 0 Å². The molecule has 8 nitrogen and oxygen atoms in total. The number of carboxylic acids is 1. The van der Waals surface area contributed by atoms with Gasteiger partial charge in [0.25, 0.3) is 0 Å². The van der Waals surface area contributed by atoms with Gasteiger partial charge in [0.05, 0.1) is 29.3 Å². The topological polar surface area (TPSA) is 89.7 Å². The highest BCUT2D eigenvalue weighted by Crippen LogP contribution is 2.47. The number of aliphatic carboxylic acids is 1. The Morgan fingerprint density at radius 1 is 1.04 bits per heavy atom. The molecule has 244 valence electrons. The number of ether oxygens (including phenoxy) is 2. The molecule has 1 atom stereocenters. The molecule has 5 rings (SSSR count). The minimum atomic E-state index is -1.22. The number of piperidine rings is 1. The van der Waals surface area contributed by atoms with Crippen LogP contribution in [0.1, 0.15) is 70.4 Å². The molecule has 2 aromatic carbocycles. The molecule has 1 N–H and O–H groups in total. The maximum Gasteiger partial charge on any atom is 0.337 e. The van der Waals surface area contributed by atoms with Crippen LogP contribution in [0.3, 0.4) is 0 Å². The molecule has 0 radical (unpaired) electrons. The fourth-order valence-corrected chi connectivity index (χ4v) is 5.99. The van der Waals surface area contributed by atoms with Gasteiger partial charge in [-0.05, 0) is 87.4 Å². The summed E-state index contributed by atoms with van der Waals surface area (Å²) in [4.78, 5) is 20.3. The Kier molecular flexibility index (Phi) is 9.54. The van der Waals surface area contributed by atoms with Crippen molar-refractivity contribution in [2.45, 2.75) is 72.5 Å². The summed E-state index contributed by atoms with van der Waals surface area (Å²) >= 11 is 0. The number of carbonyl (C=O) groups is 1. The number of carboxylic acid groups (broad SMARTS) is 1. The van der Waals surface area contributed by atoms with Crippen LogP contribution in [0, 0.1) is 18.2 Å². The van der Waals surface area contributed by atoms with Gasteiger partial charge in [-0.2, -0.15) is 5.10 Å². The first kappa shape index (κ1) is 33.1. The van der Waals surface area contributed by atoms with Crippen LogP contribution >= 0.6 is 0 Å². The number of hydrogen-bond donors (Lipinski definition) is 1. The van der Waals surface area contributed by atoms with Gasteiger partial charge < -0.3 is 19.5 Å². The second-order valence-electron chi connectivity index (χ2n) is 13.9. The third-order valence-corrected chi connectivity index (χ3v) is 8.57. The number of pyridine rings is 1. The fraction of sp³-hybridized carbons (Fsp3) is 0.432. The molecule has 1 fully saturated rings. The van der Waals surface area contributed by atoms with Crippen LogP contribution in [0.4, 0.5) is 10.1 Å². The van der Waals surface area contributed by atoms with E-state index < -0.39 is 17.7 Å². The highest BCUT2D eigenvalue weighted by molar-refractivity contribution is 5.94. The quantitative estimate of drug-likeness (QED) is 0.192. The Bertz CT molecular complexity index is 1660. The van der Waals surface area contributed by atoms with E-state index in [1.165, 1.54) is 12.1 Å². The van der Waals surface area contributed by atoms with E-state index in [1.54, 1.807) is 23.0 Å². The van der Waals surface area contributed by atoms with Gasteiger partial charge >= 0.3 is 5.97 Å². The van der Waals surface area contributed by atoms with Crippen molar-refractivity contribution in [2.75, 3.05) is 24.6 Å². The van der Waals surface area contributed by atoms with E-state index in [4.69, 9.17) is 14.5 Å². The van der Waals surface area contributed by atoms with Gasteiger partial charge in [0.15, 0.2) is 6.10 Å². The number of anilines is 1. The van der Waals surface area contributed by atoms with Crippen LogP contribution in [-0.4, -0.2) is 51.1 Å². The van der Waals surface area contributed by atoms with Gasteiger partial charge in [0.1, 0.15) is 11.6 Å². The minimum absolute atomic E-state index is 0.185. The van der Waals surface area contributed by atoms with Crippen molar-refractivity contribution in [3.8, 4) is 28.3 Å². The lowest BCUT2D eigenvalue weighted by molar-refractivity contribution is -0.160. The van der Waals surface area contributed by atoms with Crippen molar-refractivity contribution < 1.29 is 23.8 Å². The van der Waals surface area contributed by atoms with Crippen molar-refractivity contribution >= 4 is 11.7 Å². The van der Waals surface area contributed by atoms with E-state index in [2.05, 4.69) is 23.8 Å². The Morgan fingerprint density at radius 3 is 2.26 bits per heavy atom. The molecule has 4 aromatic rings. The van der Waals surface area contributed by atoms with Gasteiger partial charge in [-0.3, -0.25) is 9.67 Å². The molecule has 1 aliphatic rings. The highest BCUT2D eigenvalue weighted by Gasteiger charge is 2.37. The molecule has 0 unspecified atom stereocenters. The van der Waals surface area contributed by atoms with Crippen molar-refractivity contribution in [3.05, 3.63) is 83.4 Å². The lowest BCUT2D eigenvalue weighted by atomic mass is 9.81. The molecule has 0 aliphatic carbocycles. The molecule has 3 heterocycles. The van der Waals surface area contributed by atoms with Gasteiger partial charge in [0, 0.05) is 49.6 Å². The number of aromatic nitrogens is 3. The van der Waals surface area contributed by atoms with Gasteiger partial charge in [-0.15, -0.1) is 0 Å². The highest BCUT2D eigenvalue weighted by atomic mass is 19.1. The van der Waals surface area contributed by atoms with Gasteiger partial charge in [0.2, 0.25) is 0 Å².